The smallest absolute Gasteiger partial charge is 0.255 e. The highest BCUT2D eigenvalue weighted by atomic mass is 32.2. The van der Waals surface area contributed by atoms with Crippen molar-refractivity contribution in [3.05, 3.63) is 60.2 Å². The molecule has 2 amide bonds. The van der Waals surface area contributed by atoms with Crippen molar-refractivity contribution in [3.63, 3.8) is 0 Å². The number of anilines is 1. The first-order valence-corrected chi connectivity index (χ1v) is 13.0. The highest BCUT2D eigenvalue weighted by Gasteiger charge is 2.26. The molecule has 2 aromatic rings. The number of nitrogens with one attached hydrogen (secondary N) is 2. The lowest BCUT2D eigenvalue weighted by molar-refractivity contribution is -0.121. The predicted molar refractivity (Wildman–Crippen MR) is 133 cm³/mol. The largest absolute Gasteiger partial charge is 0.326 e. The van der Waals surface area contributed by atoms with Crippen LogP contribution in [-0.2, 0) is 26.0 Å². The van der Waals surface area contributed by atoms with Crippen LogP contribution in [-0.4, -0.2) is 43.3 Å². The molecule has 0 spiro atoms. The number of nitrogens with zero attached hydrogens (tertiary/aromatic N) is 2. The predicted octanol–water partition coefficient (Wildman–Crippen LogP) is 3.70. The maximum Gasteiger partial charge on any atom is 0.255 e. The van der Waals surface area contributed by atoms with Crippen molar-refractivity contribution in [2.45, 2.75) is 56.8 Å². The molecule has 2 N–H and O–H groups in total. The van der Waals surface area contributed by atoms with Crippen LogP contribution in [0.5, 0.6) is 0 Å². The molecule has 1 saturated carbocycles. The number of carbonyl (C=O) groups excluding carboxylic acids is 2. The van der Waals surface area contributed by atoms with Crippen molar-refractivity contribution in [1.82, 2.24) is 9.73 Å². The van der Waals surface area contributed by atoms with Crippen molar-refractivity contribution in [2.75, 3.05) is 18.4 Å². The van der Waals surface area contributed by atoms with Crippen LogP contribution in [0.15, 0.2) is 64.6 Å². The van der Waals surface area contributed by atoms with Gasteiger partial charge in [-0.3, -0.25) is 9.59 Å². The maximum atomic E-state index is 13.4. The van der Waals surface area contributed by atoms with E-state index in [2.05, 4.69) is 15.8 Å². The average Bonchev–Trinajstić information content (AvgIpc) is 3.10. The average molecular weight is 485 g/mol. The van der Waals surface area contributed by atoms with E-state index < -0.39 is 15.9 Å². The van der Waals surface area contributed by atoms with E-state index in [1.807, 2.05) is 30.3 Å². The molecule has 8 nitrogen and oxygen atoms in total. The Kier molecular flexibility index (Phi) is 9.35. The van der Waals surface area contributed by atoms with Crippen molar-refractivity contribution in [3.8, 4) is 0 Å². The number of hydrogen-bond acceptors (Lipinski definition) is 5. The molecule has 34 heavy (non-hydrogen) atoms. The topological polar surface area (TPSA) is 108 Å². The molecule has 3 rings (SSSR count). The first kappa shape index (κ1) is 25.6. The van der Waals surface area contributed by atoms with Crippen LogP contribution >= 0.6 is 0 Å². The summed E-state index contributed by atoms with van der Waals surface area (Å²) in [6.07, 6.45) is 6.62. The summed E-state index contributed by atoms with van der Waals surface area (Å²) in [7, 11) is -3.95. The van der Waals surface area contributed by atoms with Gasteiger partial charge in [-0.15, -0.1) is 0 Å². The molecule has 0 aromatic heterocycles. The van der Waals surface area contributed by atoms with Crippen molar-refractivity contribution < 1.29 is 18.0 Å². The molecule has 0 heterocycles. The fourth-order valence-electron chi connectivity index (χ4n) is 3.83. The summed E-state index contributed by atoms with van der Waals surface area (Å²) in [5, 5.41) is 6.88. The van der Waals surface area contributed by atoms with Gasteiger partial charge in [0.15, 0.2) is 0 Å². The number of carbonyl (C=O) groups is 2. The van der Waals surface area contributed by atoms with Crippen molar-refractivity contribution in [1.29, 1.82) is 0 Å². The van der Waals surface area contributed by atoms with Crippen LogP contribution < -0.4 is 10.7 Å². The Bertz CT molecular complexity index is 1090. The third kappa shape index (κ3) is 7.78. The summed E-state index contributed by atoms with van der Waals surface area (Å²) in [6, 6.07) is 15.4. The maximum absolute atomic E-state index is 13.4. The van der Waals surface area contributed by atoms with Gasteiger partial charge in [-0.05, 0) is 61.9 Å². The Balaban J connectivity index is 1.75. The Labute approximate surface area is 201 Å². The van der Waals surface area contributed by atoms with Crippen LogP contribution in [0.25, 0.3) is 0 Å². The standard InChI is InChI=1S/C25H32N4O4S/c1-20(30)26-22-13-15-24(16-14-22)34(32,33)29(18-17-21-9-5-4-6-10-21)19-25(31)28-27-23-11-7-2-3-8-12-23/h4-6,9-10,13-16H,2-3,7-8,11-12,17-19H2,1H3,(H,26,30)(H,28,31). The summed E-state index contributed by atoms with van der Waals surface area (Å²) < 4.78 is 28.0. The molecule has 1 aliphatic carbocycles. The minimum atomic E-state index is -3.95. The molecule has 0 unspecified atom stereocenters. The van der Waals surface area contributed by atoms with Crippen LogP contribution in [0, 0.1) is 0 Å². The second kappa shape index (κ2) is 12.4. The first-order chi connectivity index (χ1) is 16.3. The van der Waals surface area contributed by atoms with Crippen LogP contribution in [0.3, 0.4) is 0 Å². The van der Waals surface area contributed by atoms with Crippen LogP contribution in [0.1, 0.15) is 51.0 Å². The third-order valence-electron chi connectivity index (χ3n) is 5.64. The lowest BCUT2D eigenvalue weighted by atomic mass is 10.1. The monoisotopic (exact) mass is 484 g/mol. The quantitative estimate of drug-likeness (QED) is 0.418. The number of benzene rings is 2. The van der Waals surface area contributed by atoms with E-state index >= 15 is 0 Å². The number of hydrazone groups is 1. The van der Waals surface area contributed by atoms with E-state index in [1.165, 1.54) is 48.3 Å². The van der Waals surface area contributed by atoms with Gasteiger partial charge in [-0.1, -0.05) is 43.2 Å². The van der Waals surface area contributed by atoms with Gasteiger partial charge in [0.05, 0.1) is 11.4 Å². The minimum absolute atomic E-state index is 0.0533. The Morgan fingerprint density at radius 3 is 2.21 bits per heavy atom. The molecule has 9 heteroatoms. The summed E-state index contributed by atoms with van der Waals surface area (Å²) in [4.78, 5) is 24.0. The van der Waals surface area contributed by atoms with Crippen LogP contribution in [0.4, 0.5) is 5.69 Å². The minimum Gasteiger partial charge on any atom is -0.326 e. The van der Waals surface area contributed by atoms with Crippen molar-refractivity contribution in [2.24, 2.45) is 5.10 Å². The summed E-state index contributed by atoms with van der Waals surface area (Å²) in [5.41, 5.74) is 4.99. The van der Waals surface area contributed by atoms with Gasteiger partial charge < -0.3 is 5.32 Å². The SMILES string of the molecule is CC(=O)Nc1ccc(S(=O)(=O)N(CCc2ccccc2)CC(=O)NN=C2CCCCCC2)cc1. The van der Waals surface area contributed by atoms with Gasteiger partial charge in [-0.25, -0.2) is 13.8 Å². The lowest BCUT2D eigenvalue weighted by Gasteiger charge is -2.22. The van der Waals surface area contributed by atoms with E-state index in [-0.39, 0.29) is 23.9 Å². The Morgan fingerprint density at radius 1 is 0.941 bits per heavy atom. The van der Waals surface area contributed by atoms with E-state index in [0.29, 0.717) is 12.1 Å². The summed E-state index contributed by atoms with van der Waals surface area (Å²) >= 11 is 0. The number of amides is 2. The molecule has 0 aliphatic heterocycles. The summed E-state index contributed by atoms with van der Waals surface area (Å²) in [6.45, 7) is 1.19. The van der Waals surface area contributed by atoms with Crippen LogP contribution in [0.2, 0.25) is 0 Å². The van der Waals surface area contributed by atoms with E-state index in [1.54, 1.807) is 0 Å². The normalized spacial score (nSPS) is 14.4. The molecule has 1 fully saturated rings. The molecule has 182 valence electrons. The Morgan fingerprint density at radius 2 is 1.59 bits per heavy atom. The number of sulfonamides is 1. The van der Waals surface area contributed by atoms with Crippen molar-refractivity contribution >= 4 is 33.2 Å². The second-order valence-corrected chi connectivity index (χ2v) is 10.3. The zero-order chi connectivity index (χ0) is 24.4. The molecule has 0 bridgehead atoms. The summed E-state index contributed by atoms with van der Waals surface area (Å²) in [5.74, 6) is -0.713. The van der Waals surface area contributed by atoms with Gasteiger partial charge in [0.1, 0.15) is 0 Å². The molecular formula is C25H32N4O4S. The molecule has 2 aromatic carbocycles. The Hall–Kier alpha value is -3.04. The molecule has 0 atom stereocenters. The third-order valence-corrected chi connectivity index (χ3v) is 7.50. The van der Waals surface area contributed by atoms with E-state index in [0.717, 1.165) is 37.0 Å². The second-order valence-electron chi connectivity index (χ2n) is 8.41. The first-order valence-electron chi connectivity index (χ1n) is 11.6. The molecular weight excluding hydrogens is 452 g/mol. The lowest BCUT2D eigenvalue weighted by Crippen LogP contribution is -2.40. The molecule has 0 radical (unpaired) electrons. The fourth-order valence-corrected chi connectivity index (χ4v) is 5.23. The van der Waals surface area contributed by atoms with Gasteiger partial charge >= 0.3 is 0 Å². The number of rotatable bonds is 9. The molecule has 1 aliphatic rings. The zero-order valence-electron chi connectivity index (χ0n) is 19.5. The van der Waals surface area contributed by atoms with Gasteiger partial charge in [0, 0.05) is 24.9 Å². The fraction of sp³-hybridized carbons (Fsp3) is 0.400. The van der Waals surface area contributed by atoms with E-state index in [9.17, 15) is 18.0 Å². The molecule has 0 saturated heterocycles. The van der Waals surface area contributed by atoms with E-state index in [4.69, 9.17) is 0 Å². The van der Waals surface area contributed by atoms with Gasteiger partial charge in [0.2, 0.25) is 15.9 Å². The highest BCUT2D eigenvalue weighted by molar-refractivity contribution is 7.89. The number of hydrogen-bond donors (Lipinski definition) is 2. The van der Waals surface area contributed by atoms with Gasteiger partial charge in [-0.2, -0.15) is 9.41 Å². The van der Waals surface area contributed by atoms with Gasteiger partial charge in [0.25, 0.3) is 5.91 Å². The highest BCUT2D eigenvalue weighted by Crippen LogP contribution is 2.19. The zero-order valence-corrected chi connectivity index (χ0v) is 20.3.